The number of nitrogens with zero attached hydrogens (tertiary/aromatic N) is 1. The van der Waals surface area contributed by atoms with Gasteiger partial charge in [-0.2, -0.15) is 0 Å². The smallest absolute Gasteiger partial charge is 0.366 e. The monoisotopic (exact) mass is 253 g/mol. The first kappa shape index (κ1) is 9.27. The van der Waals surface area contributed by atoms with Crippen LogP contribution in [0.25, 0.3) is 10.9 Å². The second kappa shape index (κ2) is 3.46. The minimum Gasteiger partial charge on any atom is -0.379 e. The Balaban J connectivity index is 2.68. The maximum atomic E-state index is 11.3. The second-order valence-electron chi connectivity index (χ2n) is 3.01. The van der Waals surface area contributed by atoms with Crippen LogP contribution >= 0.6 is 16.3 Å². The van der Waals surface area contributed by atoms with Gasteiger partial charge in [-0.15, -0.1) is 0 Å². The topological polar surface area (TPSA) is 31.2 Å². The number of benzene rings is 1. The van der Waals surface area contributed by atoms with E-state index in [1.54, 1.807) is 10.6 Å². The Hall–Kier alpha value is -1.29. The Morgan fingerprint density at radius 3 is 2.79 bits per heavy atom. The van der Waals surface area contributed by atoms with E-state index in [2.05, 4.69) is 20.1 Å². The summed E-state index contributed by atoms with van der Waals surface area (Å²) in [6.07, 6.45) is 0. The summed E-state index contributed by atoms with van der Waals surface area (Å²) >= 11 is 2.68. The highest BCUT2D eigenvalue weighted by Crippen LogP contribution is 2.19. The molecule has 0 aliphatic rings. The summed E-state index contributed by atoms with van der Waals surface area (Å²) in [5, 5.41) is 1.03. The van der Waals surface area contributed by atoms with Crippen LogP contribution in [0.4, 0.5) is 0 Å². The maximum Gasteiger partial charge on any atom is 0.366 e. The number of carbonyl (C=O) groups is 1. The fraction of sp³-hybridized carbons (Fsp3) is 0.100. The lowest BCUT2D eigenvalue weighted by molar-refractivity contribution is 0.0773. The lowest BCUT2D eigenvalue weighted by Crippen LogP contribution is -2.04. The van der Waals surface area contributed by atoms with Crippen molar-refractivity contribution < 1.29 is 8.62 Å². The van der Waals surface area contributed by atoms with Gasteiger partial charge in [-0.1, -0.05) is 18.2 Å². The number of fused-ring (bicyclic) bond motifs is 1. The first-order chi connectivity index (χ1) is 6.74. The zero-order valence-corrected chi connectivity index (χ0v) is 9.11. The van der Waals surface area contributed by atoms with Crippen LogP contribution in [0, 0.1) is 0 Å². The summed E-state index contributed by atoms with van der Waals surface area (Å²) in [6.45, 7) is 0. The molecule has 0 saturated heterocycles. The Kier molecular flexibility index (Phi) is 2.29. The standard InChI is InChI=1S/C10H8BrNO2/c1-12-8-5-3-2-4-7(8)6-9(12)10(13)14-11/h2-6H,1H3. The molecule has 14 heavy (non-hydrogen) atoms. The molecule has 72 valence electrons. The molecule has 0 saturated carbocycles. The van der Waals surface area contributed by atoms with E-state index in [-0.39, 0.29) is 5.97 Å². The zero-order valence-electron chi connectivity index (χ0n) is 7.53. The Bertz CT molecular complexity index is 490. The van der Waals surface area contributed by atoms with Crippen molar-refractivity contribution in [1.82, 2.24) is 4.57 Å². The van der Waals surface area contributed by atoms with Crippen molar-refractivity contribution in [3.63, 3.8) is 0 Å². The molecular formula is C10H8BrNO2. The third-order valence-electron chi connectivity index (χ3n) is 2.23. The second-order valence-corrected chi connectivity index (χ2v) is 3.34. The molecule has 0 fully saturated rings. The number of aromatic nitrogens is 1. The molecule has 0 aliphatic carbocycles. The number of hydrogen-bond acceptors (Lipinski definition) is 2. The van der Waals surface area contributed by atoms with Crippen molar-refractivity contribution in [1.29, 1.82) is 0 Å². The number of halogens is 1. The summed E-state index contributed by atoms with van der Waals surface area (Å²) in [5.74, 6) is -0.385. The number of para-hydroxylation sites is 1. The van der Waals surface area contributed by atoms with Gasteiger partial charge in [0.15, 0.2) is 16.3 Å². The predicted molar refractivity (Wildman–Crippen MR) is 57.3 cm³/mol. The molecule has 3 nitrogen and oxygen atoms in total. The van der Waals surface area contributed by atoms with Crippen molar-refractivity contribution in [2.24, 2.45) is 7.05 Å². The van der Waals surface area contributed by atoms with Crippen LogP contribution in [0.15, 0.2) is 30.3 Å². The first-order valence-corrected chi connectivity index (χ1v) is 4.76. The molecule has 0 unspecified atom stereocenters. The molecular weight excluding hydrogens is 246 g/mol. The van der Waals surface area contributed by atoms with Gasteiger partial charge >= 0.3 is 5.97 Å². The highest BCUT2D eigenvalue weighted by Gasteiger charge is 2.13. The lowest BCUT2D eigenvalue weighted by Gasteiger charge is -1.99. The molecule has 2 rings (SSSR count). The van der Waals surface area contributed by atoms with E-state index < -0.39 is 0 Å². The van der Waals surface area contributed by atoms with E-state index in [0.29, 0.717) is 5.69 Å². The van der Waals surface area contributed by atoms with Crippen molar-refractivity contribution in [3.05, 3.63) is 36.0 Å². The van der Waals surface area contributed by atoms with Crippen LogP contribution in [-0.2, 0) is 10.9 Å². The summed E-state index contributed by atoms with van der Waals surface area (Å²) in [5.41, 5.74) is 1.54. The number of rotatable bonds is 1. The Morgan fingerprint density at radius 2 is 2.14 bits per heavy atom. The molecule has 0 atom stereocenters. The molecule has 0 bridgehead atoms. The number of aryl methyl sites for hydroxylation is 1. The van der Waals surface area contributed by atoms with Crippen LogP contribution in [0.1, 0.15) is 10.5 Å². The molecule has 0 spiro atoms. The van der Waals surface area contributed by atoms with Crippen LogP contribution < -0.4 is 0 Å². The van der Waals surface area contributed by atoms with Crippen molar-refractivity contribution >= 4 is 33.1 Å². The third kappa shape index (κ3) is 1.32. The zero-order chi connectivity index (χ0) is 10.1. The molecule has 1 aromatic carbocycles. The van der Waals surface area contributed by atoms with Crippen molar-refractivity contribution in [2.45, 2.75) is 0 Å². The molecule has 0 radical (unpaired) electrons. The van der Waals surface area contributed by atoms with E-state index in [0.717, 1.165) is 10.9 Å². The fourth-order valence-electron chi connectivity index (χ4n) is 1.52. The fourth-order valence-corrected chi connectivity index (χ4v) is 1.69. The van der Waals surface area contributed by atoms with E-state index in [1.165, 1.54) is 0 Å². The molecule has 1 heterocycles. The van der Waals surface area contributed by atoms with Gasteiger partial charge in [0.2, 0.25) is 0 Å². The quantitative estimate of drug-likeness (QED) is 0.783. The van der Waals surface area contributed by atoms with Gasteiger partial charge in [-0.25, -0.2) is 4.79 Å². The van der Waals surface area contributed by atoms with Crippen LogP contribution in [0.5, 0.6) is 0 Å². The van der Waals surface area contributed by atoms with Crippen LogP contribution in [0.3, 0.4) is 0 Å². The van der Waals surface area contributed by atoms with Crippen LogP contribution in [-0.4, -0.2) is 10.5 Å². The highest BCUT2D eigenvalue weighted by molar-refractivity contribution is 9.06. The minimum absolute atomic E-state index is 0.385. The van der Waals surface area contributed by atoms with Crippen molar-refractivity contribution in [3.8, 4) is 0 Å². The Morgan fingerprint density at radius 1 is 1.43 bits per heavy atom. The summed E-state index contributed by atoms with van der Waals surface area (Å²) in [6, 6.07) is 9.59. The van der Waals surface area contributed by atoms with Crippen molar-refractivity contribution in [2.75, 3.05) is 0 Å². The SMILES string of the molecule is Cn1c(C(=O)OBr)cc2ccccc21. The average molecular weight is 254 g/mol. The van der Waals surface area contributed by atoms with Gasteiger partial charge in [0.1, 0.15) is 5.69 Å². The molecule has 1 aromatic heterocycles. The highest BCUT2D eigenvalue weighted by atomic mass is 79.9. The van der Waals surface area contributed by atoms with E-state index in [1.807, 2.05) is 31.3 Å². The summed E-state index contributed by atoms with van der Waals surface area (Å²) < 4.78 is 6.30. The van der Waals surface area contributed by atoms with Gasteiger partial charge in [0.25, 0.3) is 0 Å². The molecule has 0 N–H and O–H groups in total. The average Bonchev–Trinajstić information content (AvgIpc) is 2.56. The van der Waals surface area contributed by atoms with Gasteiger partial charge in [-0.05, 0) is 12.1 Å². The van der Waals surface area contributed by atoms with E-state index >= 15 is 0 Å². The molecule has 2 aromatic rings. The largest absolute Gasteiger partial charge is 0.379 e. The van der Waals surface area contributed by atoms with Gasteiger partial charge in [0.05, 0.1) is 0 Å². The third-order valence-corrected chi connectivity index (χ3v) is 2.52. The number of carbonyl (C=O) groups excluding carboxylic acids is 1. The summed E-state index contributed by atoms with van der Waals surface area (Å²) in [7, 11) is 1.83. The molecule has 4 heteroatoms. The van der Waals surface area contributed by atoms with Crippen LogP contribution in [0.2, 0.25) is 0 Å². The predicted octanol–water partition coefficient (Wildman–Crippen LogP) is 2.65. The molecule has 0 aliphatic heterocycles. The van der Waals surface area contributed by atoms with Gasteiger partial charge in [-0.3, -0.25) is 0 Å². The molecule has 0 amide bonds. The Labute approximate surface area is 89.7 Å². The number of hydrogen-bond donors (Lipinski definition) is 0. The first-order valence-electron chi connectivity index (χ1n) is 4.11. The van der Waals surface area contributed by atoms with E-state index in [9.17, 15) is 4.79 Å². The maximum absolute atomic E-state index is 11.3. The van der Waals surface area contributed by atoms with Gasteiger partial charge in [0, 0.05) is 18.0 Å². The van der Waals surface area contributed by atoms with Gasteiger partial charge < -0.3 is 8.40 Å². The normalized spacial score (nSPS) is 10.4. The summed E-state index contributed by atoms with van der Waals surface area (Å²) in [4.78, 5) is 11.3. The lowest BCUT2D eigenvalue weighted by atomic mass is 10.2. The van der Waals surface area contributed by atoms with E-state index in [4.69, 9.17) is 0 Å². The minimum atomic E-state index is -0.385.